The summed E-state index contributed by atoms with van der Waals surface area (Å²) in [7, 11) is 3.07. The molecule has 2 rings (SSSR count). The molecule has 0 amide bonds. The van der Waals surface area contributed by atoms with Gasteiger partial charge in [0.1, 0.15) is 11.6 Å². The first-order valence-corrected chi connectivity index (χ1v) is 10.6. The first-order chi connectivity index (χ1) is 14.4. The topological polar surface area (TPSA) is 47.9 Å². The molecule has 1 fully saturated rings. The van der Waals surface area contributed by atoms with Gasteiger partial charge in [-0.1, -0.05) is 55.0 Å². The molecule has 1 N–H and O–H groups in total. The molecule has 3 unspecified atom stereocenters. The molecule has 166 valence electrons. The number of hydrogen-bond acceptors (Lipinski definition) is 4. The second-order valence-electron chi connectivity index (χ2n) is 7.50. The predicted molar refractivity (Wildman–Crippen MR) is 119 cm³/mol. The maximum Gasteiger partial charge on any atom is 0.150 e. The second kappa shape index (κ2) is 12.3. The van der Waals surface area contributed by atoms with Gasteiger partial charge in [0.05, 0.1) is 32.0 Å². The normalized spacial score (nSPS) is 25.8. The molecule has 0 saturated carbocycles. The van der Waals surface area contributed by atoms with E-state index in [9.17, 15) is 9.50 Å². The summed E-state index contributed by atoms with van der Waals surface area (Å²) in [5, 5.41) is 11.0. The molecule has 1 aliphatic carbocycles. The fourth-order valence-corrected chi connectivity index (χ4v) is 3.75. The van der Waals surface area contributed by atoms with Crippen LogP contribution in [0, 0.1) is 0 Å². The van der Waals surface area contributed by atoms with E-state index in [1.165, 1.54) is 7.11 Å². The van der Waals surface area contributed by atoms with Crippen LogP contribution in [0.3, 0.4) is 0 Å². The maximum absolute atomic E-state index is 13.8. The number of aliphatic hydroxyl groups excluding tert-OH is 1. The van der Waals surface area contributed by atoms with Crippen molar-refractivity contribution in [1.29, 1.82) is 0 Å². The molecular weight excluding hydrogens is 407 g/mol. The zero-order chi connectivity index (χ0) is 22.1. The second-order valence-corrected chi connectivity index (χ2v) is 7.96. The van der Waals surface area contributed by atoms with Gasteiger partial charge in [-0.2, -0.15) is 0 Å². The van der Waals surface area contributed by atoms with Crippen LogP contribution in [0.4, 0.5) is 4.39 Å². The quantitative estimate of drug-likeness (QED) is 0.372. The van der Waals surface area contributed by atoms with Crippen molar-refractivity contribution in [1.82, 2.24) is 0 Å². The van der Waals surface area contributed by atoms with E-state index >= 15 is 0 Å². The first-order valence-electron chi connectivity index (χ1n) is 10.2. The van der Waals surface area contributed by atoms with E-state index in [0.29, 0.717) is 32.3 Å². The Kier molecular flexibility index (Phi) is 10.1. The number of methoxy groups -OCH3 is 2. The third kappa shape index (κ3) is 7.24. The van der Waals surface area contributed by atoms with Gasteiger partial charge in [-0.05, 0) is 23.6 Å². The molecular formula is C24H32ClFO4. The zero-order valence-corrected chi connectivity index (χ0v) is 18.8. The Hall–Kier alpha value is -1.66. The van der Waals surface area contributed by atoms with Crippen molar-refractivity contribution in [3.8, 4) is 0 Å². The highest BCUT2D eigenvalue weighted by Crippen LogP contribution is 2.32. The van der Waals surface area contributed by atoms with E-state index in [4.69, 9.17) is 25.8 Å². The van der Waals surface area contributed by atoms with Crippen LogP contribution in [0.25, 0.3) is 0 Å². The van der Waals surface area contributed by atoms with E-state index in [0.717, 1.165) is 21.8 Å². The third-order valence-corrected chi connectivity index (χ3v) is 5.48. The average molecular weight is 439 g/mol. The summed E-state index contributed by atoms with van der Waals surface area (Å²) < 4.78 is 30.2. The lowest BCUT2D eigenvalue weighted by Gasteiger charge is -2.33. The molecule has 3 atom stereocenters. The summed E-state index contributed by atoms with van der Waals surface area (Å²) in [5.41, 5.74) is 2.67. The number of halogens is 2. The van der Waals surface area contributed by atoms with Gasteiger partial charge in [0, 0.05) is 37.8 Å². The Bertz CT molecular complexity index is 763. The van der Waals surface area contributed by atoms with Gasteiger partial charge in [-0.25, -0.2) is 4.39 Å². The molecule has 6 heteroatoms. The largest absolute Gasteiger partial charge is 0.494 e. The summed E-state index contributed by atoms with van der Waals surface area (Å²) in [6, 6.07) is 0. The Morgan fingerprint density at radius 2 is 2.13 bits per heavy atom. The van der Waals surface area contributed by atoms with Crippen LogP contribution in [0.5, 0.6) is 0 Å². The van der Waals surface area contributed by atoms with Gasteiger partial charge in [-0.3, -0.25) is 0 Å². The standard InChI is InChI=1S/C24H32ClFO4/c1-5-22(26)23(29-4)10-9-16(2)11-18-12-17(7-6-8-21(18)25)24-14-19(27)13-20(30-24)15-28-3/h6-7,9-10,12,19-20,24,27H,2,5,8,11,13-15H2,1,3-4H3/b10-9-,23-22-. The molecule has 4 nitrogen and oxygen atoms in total. The summed E-state index contributed by atoms with van der Waals surface area (Å²) in [4.78, 5) is 0. The molecule has 0 bridgehead atoms. The van der Waals surface area contributed by atoms with E-state index in [2.05, 4.69) is 6.58 Å². The lowest BCUT2D eigenvalue weighted by molar-refractivity contribution is -0.102. The molecule has 2 aliphatic rings. The number of ether oxygens (including phenoxy) is 3. The highest BCUT2D eigenvalue weighted by Gasteiger charge is 2.30. The van der Waals surface area contributed by atoms with E-state index in [1.807, 2.05) is 18.2 Å². The Labute approximate surface area is 184 Å². The predicted octanol–water partition coefficient (Wildman–Crippen LogP) is 5.66. The highest BCUT2D eigenvalue weighted by molar-refractivity contribution is 6.30. The van der Waals surface area contributed by atoms with Crippen LogP contribution in [0.1, 0.15) is 39.0 Å². The molecule has 0 aromatic heterocycles. The molecule has 0 radical (unpaired) electrons. The van der Waals surface area contributed by atoms with Crippen molar-refractivity contribution in [3.05, 3.63) is 70.3 Å². The number of rotatable bonds is 9. The van der Waals surface area contributed by atoms with Gasteiger partial charge >= 0.3 is 0 Å². The minimum absolute atomic E-state index is 0.144. The lowest BCUT2D eigenvalue weighted by atomic mass is 9.94. The van der Waals surface area contributed by atoms with Crippen LogP contribution in [0.2, 0.25) is 0 Å². The fourth-order valence-electron chi connectivity index (χ4n) is 3.54. The van der Waals surface area contributed by atoms with E-state index < -0.39 is 6.10 Å². The number of hydrogen-bond donors (Lipinski definition) is 1. The maximum atomic E-state index is 13.8. The summed E-state index contributed by atoms with van der Waals surface area (Å²) in [6.45, 7) is 6.25. The monoisotopic (exact) mass is 438 g/mol. The van der Waals surface area contributed by atoms with Gasteiger partial charge in [0.2, 0.25) is 0 Å². The Morgan fingerprint density at radius 1 is 1.37 bits per heavy atom. The summed E-state index contributed by atoms with van der Waals surface area (Å²) in [6.07, 6.45) is 11.0. The third-order valence-electron chi connectivity index (χ3n) is 5.08. The first kappa shape index (κ1) is 24.6. The summed E-state index contributed by atoms with van der Waals surface area (Å²) in [5.74, 6) is -0.107. The van der Waals surface area contributed by atoms with Crippen LogP contribution in [-0.4, -0.2) is 44.2 Å². The number of aliphatic hydroxyl groups is 1. The zero-order valence-electron chi connectivity index (χ0n) is 18.0. The van der Waals surface area contributed by atoms with Crippen LogP contribution in [0.15, 0.2) is 70.3 Å². The van der Waals surface area contributed by atoms with Crippen molar-refractivity contribution in [3.63, 3.8) is 0 Å². The van der Waals surface area contributed by atoms with Gasteiger partial charge in [0.25, 0.3) is 0 Å². The molecule has 1 saturated heterocycles. The van der Waals surface area contributed by atoms with Crippen molar-refractivity contribution in [2.45, 2.75) is 57.3 Å². The van der Waals surface area contributed by atoms with Crippen LogP contribution in [-0.2, 0) is 14.2 Å². The summed E-state index contributed by atoms with van der Waals surface area (Å²) >= 11 is 6.52. The number of allylic oxidation sites excluding steroid dienone is 8. The SMILES string of the molecule is C=C(/C=C\C(OC)=C(\F)CC)CC1=C(Cl)CC=CC(C2CC(O)CC(COC)O2)=C1. The van der Waals surface area contributed by atoms with E-state index in [-0.39, 0.29) is 30.2 Å². The van der Waals surface area contributed by atoms with Crippen molar-refractivity contribution >= 4 is 11.6 Å². The van der Waals surface area contributed by atoms with Crippen LogP contribution < -0.4 is 0 Å². The minimum atomic E-state index is -0.435. The minimum Gasteiger partial charge on any atom is -0.494 e. The van der Waals surface area contributed by atoms with Gasteiger partial charge in [0.15, 0.2) is 0 Å². The van der Waals surface area contributed by atoms with Gasteiger partial charge < -0.3 is 19.3 Å². The van der Waals surface area contributed by atoms with Crippen LogP contribution >= 0.6 is 11.6 Å². The molecule has 0 aromatic rings. The molecule has 0 spiro atoms. The molecule has 1 heterocycles. The smallest absolute Gasteiger partial charge is 0.150 e. The van der Waals surface area contributed by atoms with Crippen molar-refractivity contribution in [2.24, 2.45) is 0 Å². The van der Waals surface area contributed by atoms with Crippen molar-refractivity contribution < 1.29 is 23.7 Å². The molecule has 0 aromatic carbocycles. The fraction of sp³-hybridized carbons (Fsp3) is 0.500. The van der Waals surface area contributed by atoms with Gasteiger partial charge in [-0.15, -0.1) is 0 Å². The molecule has 30 heavy (non-hydrogen) atoms. The molecule has 1 aliphatic heterocycles. The lowest BCUT2D eigenvalue weighted by Crippen LogP contribution is -2.38. The Morgan fingerprint density at radius 3 is 2.80 bits per heavy atom. The Balaban J connectivity index is 2.16. The van der Waals surface area contributed by atoms with E-state index in [1.54, 1.807) is 26.2 Å². The highest BCUT2D eigenvalue weighted by atomic mass is 35.5. The van der Waals surface area contributed by atoms with Crippen molar-refractivity contribution in [2.75, 3.05) is 20.8 Å². The average Bonchev–Trinajstić information content (AvgIpc) is 2.89.